The molecular weight excluding hydrogens is 273 g/mol. The lowest BCUT2D eigenvalue weighted by Crippen LogP contribution is -2.65. The minimum atomic E-state index is -0.864. The molecule has 19 heavy (non-hydrogen) atoms. The molecule has 1 saturated heterocycles. The van der Waals surface area contributed by atoms with Crippen molar-refractivity contribution in [3.05, 3.63) is 29.0 Å². The maximum atomic E-state index is 12.9. The molecule has 1 heterocycles. The maximum absolute atomic E-state index is 12.9. The molecule has 0 bridgehead atoms. The van der Waals surface area contributed by atoms with Crippen molar-refractivity contribution >= 4 is 17.7 Å². The molecule has 1 aliphatic carbocycles. The van der Waals surface area contributed by atoms with Gasteiger partial charge in [-0.25, -0.2) is 9.18 Å². The third-order valence-electron chi connectivity index (χ3n) is 3.83. The summed E-state index contributed by atoms with van der Waals surface area (Å²) in [6.45, 7) is 1.17. The summed E-state index contributed by atoms with van der Waals surface area (Å²) in [5.74, 6) is 0.0934. The number of benzene rings is 1. The predicted molar refractivity (Wildman–Crippen MR) is 67.1 cm³/mol. The fourth-order valence-corrected chi connectivity index (χ4v) is 3.11. The minimum Gasteiger partial charge on any atom is -0.489 e. The van der Waals surface area contributed by atoms with E-state index in [0.717, 1.165) is 12.8 Å². The first-order chi connectivity index (χ1) is 8.97. The first kappa shape index (κ1) is 12.5. The number of rotatable bonds is 2. The smallest absolute Gasteiger partial charge is 0.407 e. The molecule has 4 nitrogen and oxygen atoms in total. The van der Waals surface area contributed by atoms with Gasteiger partial charge in [0.2, 0.25) is 0 Å². The fraction of sp³-hybridized carbons (Fsp3) is 0.462. The van der Waals surface area contributed by atoms with E-state index in [1.54, 1.807) is 0 Å². The fourth-order valence-electron chi connectivity index (χ4n) is 2.90. The largest absolute Gasteiger partial charge is 0.489 e. The third kappa shape index (κ3) is 2.23. The van der Waals surface area contributed by atoms with Crippen LogP contribution < -0.4 is 4.74 Å². The van der Waals surface area contributed by atoms with Gasteiger partial charge in [-0.1, -0.05) is 11.6 Å². The Morgan fingerprint density at radius 1 is 1.47 bits per heavy atom. The van der Waals surface area contributed by atoms with Gasteiger partial charge in [0, 0.05) is 18.5 Å². The van der Waals surface area contributed by atoms with Crippen LogP contribution in [0.2, 0.25) is 5.02 Å². The summed E-state index contributed by atoms with van der Waals surface area (Å²) in [7, 11) is 0. The second-order valence-electron chi connectivity index (χ2n) is 5.36. The van der Waals surface area contributed by atoms with E-state index in [-0.39, 0.29) is 16.5 Å². The van der Waals surface area contributed by atoms with Crippen LogP contribution in [-0.2, 0) is 0 Å². The van der Waals surface area contributed by atoms with E-state index in [0.29, 0.717) is 18.8 Å². The molecule has 3 rings (SSSR count). The minimum absolute atomic E-state index is 0.0407. The summed E-state index contributed by atoms with van der Waals surface area (Å²) in [6, 6.07) is 4.05. The standard InChI is InChI=1S/C13H13ClFNO3/c14-10-3-8(15)1-2-11(10)19-9-4-13(5-9)6-16(7-13)12(17)18/h1-3,9H,4-7H2,(H,17,18). The quantitative estimate of drug-likeness (QED) is 0.909. The number of hydrogen-bond donors (Lipinski definition) is 1. The van der Waals surface area contributed by atoms with Crippen molar-refractivity contribution in [2.24, 2.45) is 5.41 Å². The molecule has 1 aliphatic heterocycles. The molecule has 0 radical (unpaired) electrons. The van der Waals surface area contributed by atoms with Gasteiger partial charge < -0.3 is 14.7 Å². The molecule has 0 atom stereocenters. The van der Waals surface area contributed by atoms with Crippen LogP contribution in [0.3, 0.4) is 0 Å². The van der Waals surface area contributed by atoms with E-state index in [1.807, 2.05) is 0 Å². The third-order valence-corrected chi connectivity index (χ3v) is 4.13. The summed E-state index contributed by atoms with van der Waals surface area (Å²) in [6.07, 6.45) is 0.824. The Labute approximate surface area is 114 Å². The first-order valence-corrected chi connectivity index (χ1v) is 6.45. The van der Waals surface area contributed by atoms with Crippen molar-refractivity contribution in [3.63, 3.8) is 0 Å². The van der Waals surface area contributed by atoms with Gasteiger partial charge in [0.1, 0.15) is 17.7 Å². The molecule has 1 saturated carbocycles. The average Bonchev–Trinajstić information content (AvgIpc) is 2.21. The van der Waals surface area contributed by atoms with E-state index in [2.05, 4.69) is 0 Å². The molecule has 1 N–H and O–H groups in total. The topological polar surface area (TPSA) is 49.8 Å². The van der Waals surface area contributed by atoms with Gasteiger partial charge in [-0.05, 0) is 31.0 Å². The van der Waals surface area contributed by atoms with Gasteiger partial charge in [0.15, 0.2) is 0 Å². The molecule has 6 heteroatoms. The monoisotopic (exact) mass is 285 g/mol. The molecule has 0 unspecified atom stereocenters. The number of likely N-dealkylation sites (tertiary alicyclic amines) is 1. The van der Waals surface area contributed by atoms with Gasteiger partial charge in [-0.2, -0.15) is 0 Å². The Morgan fingerprint density at radius 2 is 2.16 bits per heavy atom. The summed E-state index contributed by atoms with van der Waals surface area (Å²) in [5, 5.41) is 9.06. The Balaban J connectivity index is 1.54. The Bertz CT molecular complexity index is 523. The number of carbonyl (C=O) groups is 1. The summed E-state index contributed by atoms with van der Waals surface area (Å²) >= 11 is 5.89. The summed E-state index contributed by atoms with van der Waals surface area (Å²) in [4.78, 5) is 12.1. The maximum Gasteiger partial charge on any atom is 0.407 e. The van der Waals surface area contributed by atoms with E-state index >= 15 is 0 Å². The van der Waals surface area contributed by atoms with Crippen LogP contribution in [0, 0.1) is 11.2 Å². The Hall–Kier alpha value is -1.49. The van der Waals surface area contributed by atoms with Crippen LogP contribution in [0.1, 0.15) is 12.8 Å². The molecule has 1 amide bonds. The van der Waals surface area contributed by atoms with E-state index < -0.39 is 11.9 Å². The highest BCUT2D eigenvalue weighted by atomic mass is 35.5. The summed E-state index contributed by atoms with van der Waals surface area (Å²) < 4.78 is 18.6. The van der Waals surface area contributed by atoms with E-state index in [9.17, 15) is 9.18 Å². The van der Waals surface area contributed by atoms with Gasteiger partial charge >= 0.3 is 6.09 Å². The zero-order chi connectivity index (χ0) is 13.6. The van der Waals surface area contributed by atoms with Gasteiger partial charge in [0.25, 0.3) is 0 Å². The van der Waals surface area contributed by atoms with Crippen LogP contribution in [0.5, 0.6) is 5.75 Å². The molecule has 102 valence electrons. The lowest BCUT2D eigenvalue weighted by Gasteiger charge is -2.57. The molecule has 1 aromatic rings. The van der Waals surface area contributed by atoms with Crippen LogP contribution >= 0.6 is 11.6 Å². The number of amides is 1. The van der Waals surface area contributed by atoms with Crippen molar-refractivity contribution in [2.45, 2.75) is 18.9 Å². The molecule has 2 fully saturated rings. The number of hydrogen-bond acceptors (Lipinski definition) is 2. The second-order valence-corrected chi connectivity index (χ2v) is 5.77. The average molecular weight is 286 g/mol. The Kier molecular flexibility index (Phi) is 2.82. The SMILES string of the molecule is O=C(O)N1CC2(CC(Oc3ccc(F)cc3Cl)C2)C1. The zero-order valence-electron chi connectivity index (χ0n) is 10.1. The van der Waals surface area contributed by atoms with Crippen molar-refractivity contribution < 1.29 is 19.0 Å². The molecule has 2 aliphatic rings. The van der Waals surface area contributed by atoms with Crippen LogP contribution in [0.25, 0.3) is 0 Å². The van der Waals surface area contributed by atoms with Crippen LogP contribution in [0.15, 0.2) is 18.2 Å². The van der Waals surface area contributed by atoms with Crippen LogP contribution in [0.4, 0.5) is 9.18 Å². The molecule has 1 spiro atoms. The number of carboxylic acid groups (broad SMARTS) is 1. The summed E-state index contributed by atoms with van der Waals surface area (Å²) in [5.41, 5.74) is 0.0928. The number of halogens is 2. The van der Waals surface area contributed by atoms with Gasteiger partial charge in [-0.15, -0.1) is 0 Å². The van der Waals surface area contributed by atoms with Gasteiger partial charge in [0.05, 0.1) is 5.02 Å². The van der Waals surface area contributed by atoms with Crippen molar-refractivity contribution in [2.75, 3.05) is 13.1 Å². The molecule has 1 aromatic carbocycles. The van der Waals surface area contributed by atoms with Crippen LogP contribution in [-0.4, -0.2) is 35.3 Å². The second kappa shape index (κ2) is 4.27. The first-order valence-electron chi connectivity index (χ1n) is 6.07. The van der Waals surface area contributed by atoms with Crippen molar-refractivity contribution in [1.82, 2.24) is 4.90 Å². The van der Waals surface area contributed by atoms with Crippen molar-refractivity contribution in [3.8, 4) is 5.75 Å². The zero-order valence-corrected chi connectivity index (χ0v) is 10.9. The molecular formula is C13H13ClFNO3. The highest BCUT2D eigenvalue weighted by molar-refractivity contribution is 6.32. The Morgan fingerprint density at radius 3 is 2.74 bits per heavy atom. The number of nitrogens with zero attached hydrogens (tertiary/aromatic N) is 1. The van der Waals surface area contributed by atoms with E-state index in [1.165, 1.54) is 23.1 Å². The highest BCUT2D eigenvalue weighted by Crippen LogP contribution is 2.50. The normalized spacial score (nSPS) is 20.8. The lowest BCUT2D eigenvalue weighted by molar-refractivity contribution is -0.106. The van der Waals surface area contributed by atoms with Gasteiger partial charge in [-0.3, -0.25) is 0 Å². The lowest BCUT2D eigenvalue weighted by atomic mass is 9.62. The number of ether oxygens (including phenoxy) is 1. The molecule has 0 aromatic heterocycles. The van der Waals surface area contributed by atoms with E-state index in [4.69, 9.17) is 21.4 Å². The predicted octanol–water partition coefficient (Wildman–Crippen LogP) is 3.00. The highest BCUT2D eigenvalue weighted by Gasteiger charge is 2.54. The van der Waals surface area contributed by atoms with Crippen molar-refractivity contribution in [1.29, 1.82) is 0 Å².